The van der Waals surface area contributed by atoms with Crippen molar-refractivity contribution in [3.8, 4) is 0 Å². The molecule has 1 N–H and O–H groups in total. The molecule has 0 aromatic heterocycles. The Balaban J connectivity index is 2.56. The molecule has 0 spiro atoms. The zero-order valence-electron chi connectivity index (χ0n) is 15.9. The summed E-state index contributed by atoms with van der Waals surface area (Å²) in [6, 6.07) is 0. The van der Waals surface area contributed by atoms with Crippen molar-refractivity contribution < 1.29 is 19.4 Å². The second-order valence-electron chi connectivity index (χ2n) is 8.07. The Labute approximate surface area is 146 Å². The topological polar surface area (TPSA) is 66.8 Å². The third-order valence-corrected chi connectivity index (χ3v) is 4.69. The Bertz CT molecular complexity index is 416. The predicted molar refractivity (Wildman–Crippen MR) is 94.6 cm³/mol. The van der Waals surface area contributed by atoms with Crippen LogP contribution in [0.3, 0.4) is 0 Å². The van der Waals surface area contributed by atoms with E-state index in [1.165, 1.54) is 0 Å². The van der Waals surface area contributed by atoms with Gasteiger partial charge in [0, 0.05) is 26.6 Å². The van der Waals surface area contributed by atoms with Gasteiger partial charge in [-0.05, 0) is 40.0 Å². The molecule has 0 aliphatic carbocycles. The van der Waals surface area contributed by atoms with E-state index in [0.29, 0.717) is 19.5 Å². The van der Waals surface area contributed by atoms with Gasteiger partial charge in [0.05, 0.1) is 5.41 Å². The summed E-state index contributed by atoms with van der Waals surface area (Å²) >= 11 is 0. The zero-order valence-corrected chi connectivity index (χ0v) is 15.9. The summed E-state index contributed by atoms with van der Waals surface area (Å²) in [5.74, 6) is -0.122. The van der Waals surface area contributed by atoms with Gasteiger partial charge in [-0.2, -0.15) is 0 Å². The lowest BCUT2D eigenvalue weighted by molar-refractivity contribution is -0.167. The highest BCUT2D eigenvalue weighted by molar-refractivity contribution is 5.81. The molecule has 5 heteroatoms. The molecule has 24 heavy (non-hydrogen) atoms. The number of carbonyl (C=O) groups excluding carboxylic acids is 2. The van der Waals surface area contributed by atoms with Gasteiger partial charge < -0.3 is 14.7 Å². The van der Waals surface area contributed by atoms with E-state index in [4.69, 9.17) is 9.84 Å². The van der Waals surface area contributed by atoms with E-state index in [2.05, 4.69) is 0 Å². The van der Waals surface area contributed by atoms with Crippen LogP contribution in [0.5, 0.6) is 0 Å². The number of aliphatic hydroxyl groups is 1. The maximum Gasteiger partial charge on any atom is 0.314 e. The largest absolute Gasteiger partial charge is 0.459 e. The number of unbranched alkanes of at least 4 members (excludes halogenated alkanes) is 5. The smallest absolute Gasteiger partial charge is 0.314 e. The molecule has 0 bridgehead atoms. The van der Waals surface area contributed by atoms with Crippen LogP contribution in [-0.2, 0) is 14.3 Å². The third-order valence-electron chi connectivity index (χ3n) is 4.69. The zero-order chi connectivity index (χ0) is 18.2. The molecular formula is C19H35NO4. The number of nitrogens with zero attached hydrogens (tertiary/aromatic N) is 1. The molecule has 0 radical (unpaired) electrons. The van der Waals surface area contributed by atoms with E-state index >= 15 is 0 Å². The van der Waals surface area contributed by atoms with Crippen LogP contribution in [0, 0.1) is 5.41 Å². The van der Waals surface area contributed by atoms with E-state index in [0.717, 1.165) is 44.9 Å². The fraction of sp³-hybridized carbons (Fsp3) is 0.895. The van der Waals surface area contributed by atoms with Crippen LogP contribution in [-0.4, -0.2) is 47.2 Å². The number of esters is 1. The van der Waals surface area contributed by atoms with Crippen molar-refractivity contribution >= 4 is 11.9 Å². The number of hydrogen-bond acceptors (Lipinski definition) is 4. The van der Waals surface area contributed by atoms with Crippen LogP contribution >= 0.6 is 0 Å². The Morgan fingerprint density at radius 3 is 2.17 bits per heavy atom. The number of hydrogen-bond donors (Lipinski definition) is 1. The molecule has 1 fully saturated rings. The van der Waals surface area contributed by atoms with Crippen molar-refractivity contribution in [1.29, 1.82) is 0 Å². The van der Waals surface area contributed by atoms with Gasteiger partial charge in [0.1, 0.15) is 5.60 Å². The van der Waals surface area contributed by atoms with Crippen molar-refractivity contribution in [2.24, 2.45) is 5.41 Å². The molecule has 1 amide bonds. The molecular weight excluding hydrogens is 306 g/mol. The third kappa shape index (κ3) is 6.80. The Hall–Kier alpha value is -1.10. The van der Waals surface area contributed by atoms with Crippen molar-refractivity contribution in [3.05, 3.63) is 0 Å². The van der Waals surface area contributed by atoms with Gasteiger partial charge in [-0.3, -0.25) is 9.59 Å². The van der Waals surface area contributed by atoms with Crippen LogP contribution in [0.15, 0.2) is 0 Å². The highest BCUT2D eigenvalue weighted by Crippen LogP contribution is 2.38. The second-order valence-corrected chi connectivity index (χ2v) is 8.07. The van der Waals surface area contributed by atoms with Crippen molar-refractivity contribution in [2.75, 3.05) is 19.7 Å². The fourth-order valence-electron chi connectivity index (χ4n) is 3.28. The summed E-state index contributed by atoms with van der Waals surface area (Å²) in [6.45, 7) is 8.62. The first-order valence-electron chi connectivity index (χ1n) is 9.30. The molecule has 1 heterocycles. The summed E-state index contributed by atoms with van der Waals surface area (Å²) in [7, 11) is 0. The molecule has 1 aliphatic heterocycles. The van der Waals surface area contributed by atoms with E-state index in [-0.39, 0.29) is 18.5 Å². The SMILES string of the molecule is CC(=O)N1CCC(CCCCCCCCO)(C(=O)OC(C)(C)C)C1. The minimum absolute atomic E-state index is 0.0319. The van der Waals surface area contributed by atoms with Gasteiger partial charge in [-0.1, -0.05) is 32.1 Å². The maximum atomic E-state index is 12.8. The van der Waals surface area contributed by atoms with Gasteiger partial charge in [0.2, 0.25) is 5.91 Å². The van der Waals surface area contributed by atoms with Crippen LogP contribution in [0.1, 0.15) is 79.1 Å². The van der Waals surface area contributed by atoms with Crippen LogP contribution in [0.25, 0.3) is 0 Å². The summed E-state index contributed by atoms with van der Waals surface area (Å²) < 4.78 is 5.66. The molecule has 0 saturated carbocycles. The minimum Gasteiger partial charge on any atom is -0.459 e. The van der Waals surface area contributed by atoms with Gasteiger partial charge in [-0.25, -0.2) is 0 Å². The molecule has 1 unspecified atom stereocenters. The van der Waals surface area contributed by atoms with Gasteiger partial charge in [0.15, 0.2) is 0 Å². The predicted octanol–water partition coefficient (Wildman–Crippen LogP) is 3.29. The highest BCUT2D eigenvalue weighted by Gasteiger charge is 2.47. The number of ether oxygens (including phenoxy) is 1. The molecule has 1 saturated heterocycles. The fourth-order valence-corrected chi connectivity index (χ4v) is 3.28. The van der Waals surface area contributed by atoms with Gasteiger partial charge in [0.25, 0.3) is 0 Å². The molecule has 1 atom stereocenters. The lowest BCUT2D eigenvalue weighted by Gasteiger charge is -2.31. The normalized spacial score (nSPS) is 21.1. The first kappa shape index (κ1) is 20.9. The quantitative estimate of drug-likeness (QED) is 0.516. The van der Waals surface area contributed by atoms with E-state index in [1.807, 2.05) is 20.8 Å². The van der Waals surface area contributed by atoms with Gasteiger partial charge in [-0.15, -0.1) is 0 Å². The molecule has 0 aromatic carbocycles. The standard InChI is InChI=1S/C19H35NO4/c1-16(22)20-13-12-19(15-20,17(23)24-18(2,3)4)11-9-7-5-6-8-10-14-21/h21H,5-15H2,1-4H3. The number of amides is 1. The van der Waals surface area contributed by atoms with E-state index < -0.39 is 11.0 Å². The average Bonchev–Trinajstić information content (AvgIpc) is 2.91. The number of carbonyl (C=O) groups is 2. The first-order valence-corrected chi connectivity index (χ1v) is 9.30. The Kier molecular flexibility index (Phi) is 8.20. The molecule has 1 aliphatic rings. The number of likely N-dealkylation sites (tertiary alicyclic amines) is 1. The van der Waals surface area contributed by atoms with E-state index in [1.54, 1.807) is 11.8 Å². The summed E-state index contributed by atoms with van der Waals surface area (Å²) in [6.07, 6.45) is 7.72. The monoisotopic (exact) mass is 341 g/mol. The van der Waals surface area contributed by atoms with E-state index in [9.17, 15) is 9.59 Å². The Morgan fingerprint density at radius 2 is 1.67 bits per heavy atom. The minimum atomic E-state index is -0.538. The van der Waals surface area contributed by atoms with Crippen molar-refractivity contribution in [2.45, 2.75) is 84.7 Å². The average molecular weight is 341 g/mol. The number of rotatable bonds is 9. The highest BCUT2D eigenvalue weighted by atomic mass is 16.6. The van der Waals surface area contributed by atoms with Crippen LogP contribution in [0.2, 0.25) is 0 Å². The Morgan fingerprint density at radius 1 is 1.08 bits per heavy atom. The molecule has 0 aromatic rings. The lowest BCUT2D eigenvalue weighted by atomic mass is 9.81. The van der Waals surface area contributed by atoms with Crippen molar-refractivity contribution in [1.82, 2.24) is 4.90 Å². The maximum absolute atomic E-state index is 12.8. The first-order chi connectivity index (χ1) is 11.2. The lowest BCUT2D eigenvalue weighted by Crippen LogP contribution is -2.40. The summed E-state index contributed by atoms with van der Waals surface area (Å²) in [5, 5.41) is 8.79. The second kappa shape index (κ2) is 9.40. The summed E-state index contributed by atoms with van der Waals surface area (Å²) in [5.41, 5.74) is -1.04. The summed E-state index contributed by atoms with van der Waals surface area (Å²) in [4.78, 5) is 26.2. The molecule has 1 rings (SSSR count). The van der Waals surface area contributed by atoms with Crippen molar-refractivity contribution in [3.63, 3.8) is 0 Å². The van der Waals surface area contributed by atoms with Crippen LogP contribution in [0.4, 0.5) is 0 Å². The molecule has 5 nitrogen and oxygen atoms in total. The van der Waals surface area contributed by atoms with Crippen LogP contribution < -0.4 is 0 Å². The van der Waals surface area contributed by atoms with Gasteiger partial charge >= 0.3 is 5.97 Å². The number of aliphatic hydroxyl groups excluding tert-OH is 1. The molecule has 140 valence electrons.